The molecule has 1 aromatic rings. The van der Waals surface area contributed by atoms with Crippen molar-refractivity contribution >= 4 is 11.8 Å². The molecule has 2 saturated heterocycles. The number of rotatable bonds is 2. The fraction of sp³-hybridized carbons (Fsp3) is 0.684. The molecular formula is C19H27N3O2. The van der Waals surface area contributed by atoms with Gasteiger partial charge in [-0.3, -0.25) is 9.59 Å². The molecule has 5 nitrogen and oxygen atoms in total. The molecule has 1 spiro atoms. The second kappa shape index (κ2) is 6.26. The van der Waals surface area contributed by atoms with Crippen LogP contribution in [0.25, 0.3) is 0 Å². The predicted molar refractivity (Wildman–Crippen MR) is 91.6 cm³/mol. The molecule has 1 aromatic heterocycles. The summed E-state index contributed by atoms with van der Waals surface area (Å²) in [5.41, 5.74) is 0.854. The lowest BCUT2D eigenvalue weighted by molar-refractivity contribution is -0.142. The monoisotopic (exact) mass is 329 g/mol. The van der Waals surface area contributed by atoms with Crippen LogP contribution in [0.1, 0.15) is 61.7 Å². The van der Waals surface area contributed by atoms with E-state index in [2.05, 4.69) is 9.88 Å². The van der Waals surface area contributed by atoms with Crippen molar-refractivity contribution in [2.24, 2.45) is 5.41 Å². The molecule has 3 heterocycles. The molecule has 2 aliphatic heterocycles. The smallest absolute Gasteiger partial charge is 0.255 e. The van der Waals surface area contributed by atoms with Crippen molar-refractivity contribution in [2.45, 2.75) is 57.4 Å². The Balaban J connectivity index is 1.49. The number of piperidine rings is 2. The van der Waals surface area contributed by atoms with Crippen LogP contribution in [0.3, 0.4) is 0 Å². The lowest BCUT2D eigenvalue weighted by Crippen LogP contribution is -2.56. The molecule has 1 N–H and O–H groups in total. The number of aromatic nitrogens is 1. The van der Waals surface area contributed by atoms with Crippen LogP contribution in [-0.4, -0.2) is 52.3 Å². The minimum Gasteiger partial charge on any atom is -0.367 e. The first-order valence-corrected chi connectivity index (χ1v) is 9.38. The van der Waals surface area contributed by atoms with Gasteiger partial charge in [-0.05, 0) is 38.2 Å². The standard InChI is InChI=1S/C19H27N3O2/c23-17-6-9-19(14-22(17)16-4-1-2-5-16)8-3-11-21(13-19)18(24)15-7-10-20-12-15/h7,10,12,16,20H,1-6,8-9,11,13-14H2. The van der Waals surface area contributed by atoms with Crippen LogP contribution in [0, 0.1) is 5.41 Å². The minimum atomic E-state index is 0.112. The van der Waals surface area contributed by atoms with E-state index in [0.717, 1.165) is 57.3 Å². The Morgan fingerprint density at radius 3 is 2.75 bits per heavy atom. The van der Waals surface area contributed by atoms with Crippen molar-refractivity contribution in [3.8, 4) is 0 Å². The van der Waals surface area contributed by atoms with Crippen molar-refractivity contribution in [3.63, 3.8) is 0 Å². The van der Waals surface area contributed by atoms with Crippen LogP contribution in [0.15, 0.2) is 18.5 Å². The molecule has 1 unspecified atom stereocenters. The number of carbonyl (C=O) groups is 2. The zero-order valence-corrected chi connectivity index (χ0v) is 14.3. The van der Waals surface area contributed by atoms with E-state index in [4.69, 9.17) is 0 Å². The molecule has 5 heteroatoms. The maximum absolute atomic E-state index is 12.7. The van der Waals surface area contributed by atoms with Gasteiger partial charge in [-0.25, -0.2) is 0 Å². The number of likely N-dealkylation sites (tertiary alicyclic amines) is 2. The Kier molecular flexibility index (Phi) is 4.10. The van der Waals surface area contributed by atoms with E-state index in [1.54, 1.807) is 12.4 Å². The third-order valence-electron chi connectivity index (χ3n) is 6.25. The first-order chi connectivity index (χ1) is 11.7. The summed E-state index contributed by atoms with van der Waals surface area (Å²) in [6.45, 7) is 2.49. The van der Waals surface area contributed by atoms with Gasteiger partial charge in [0.15, 0.2) is 0 Å². The van der Waals surface area contributed by atoms with E-state index in [-0.39, 0.29) is 11.3 Å². The van der Waals surface area contributed by atoms with E-state index in [9.17, 15) is 9.59 Å². The highest BCUT2D eigenvalue weighted by Crippen LogP contribution is 2.41. The summed E-state index contributed by atoms with van der Waals surface area (Å²) in [4.78, 5) is 32.3. The number of amides is 2. The van der Waals surface area contributed by atoms with Crippen LogP contribution in [0.4, 0.5) is 0 Å². The summed E-state index contributed by atoms with van der Waals surface area (Å²) >= 11 is 0. The number of carbonyl (C=O) groups excluding carboxylic acids is 2. The molecule has 2 amide bonds. The number of hydrogen-bond acceptors (Lipinski definition) is 2. The van der Waals surface area contributed by atoms with Crippen LogP contribution in [0.5, 0.6) is 0 Å². The zero-order valence-electron chi connectivity index (χ0n) is 14.3. The molecule has 1 aliphatic carbocycles. The summed E-state index contributed by atoms with van der Waals surface area (Å²) in [5.74, 6) is 0.459. The van der Waals surface area contributed by atoms with Gasteiger partial charge in [0.05, 0.1) is 5.56 Å². The van der Waals surface area contributed by atoms with Crippen molar-refractivity contribution in [1.82, 2.24) is 14.8 Å². The molecule has 1 atom stereocenters. The lowest BCUT2D eigenvalue weighted by Gasteiger charge is -2.49. The van der Waals surface area contributed by atoms with E-state index < -0.39 is 0 Å². The van der Waals surface area contributed by atoms with Crippen LogP contribution < -0.4 is 0 Å². The molecule has 0 radical (unpaired) electrons. The van der Waals surface area contributed by atoms with Crippen LogP contribution in [-0.2, 0) is 4.79 Å². The quantitative estimate of drug-likeness (QED) is 0.907. The van der Waals surface area contributed by atoms with Crippen molar-refractivity contribution < 1.29 is 9.59 Å². The third kappa shape index (κ3) is 2.85. The van der Waals surface area contributed by atoms with E-state index in [0.29, 0.717) is 18.4 Å². The predicted octanol–water partition coefficient (Wildman–Crippen LogP) is 2.80. The SMILES string of the molecule is O=C(c1cc[nH]c1)N1CCCC2(CCC(=O)N(C3CCCC3)C2)C1. The highest BCUT2D eigenvalue weighted by molar-refractivity contribution is 5.94. The Morgan fingerprint density at radius 1 is 1.17 bits per heavy atom. The number of aromatic amines is 1. The first-order valence-electron chi connectivity index (χ1n) is 9.38. The molecular weight excluding hydrogens is 302 g/mol. The van der Waals surface area contributed by atoms with Gasteiger partial charge in [0.25, 0.3) is 5.91 Å². The molecule has 1 saturated carbocycles. The van der Waals surface area contributed by atoms with Crippen molar-refractivity contribution in [1.29, 1.82) is 0 Å². The molecule has 24 heavy (non-hydrogen) atoms. The van der Waals surface area contributed by atoms with E-state index in [1.165, 1.54) is 12.8 Å². The zero-order chi connectivity index (χ0) is 16.6. The summed E-state index contributed by atoms with van der Waals surface area (Å²) in [7, 11) is 0. The van der Waals surface area contributed by atoms with Gasteiger partial charge in [0.1, 0.15) is 0 Å². The van der Waals surface area contributed by atoms with Crippen LogP contribution >= 0.6 is 0 Å². The average Bonchev–Trinajstić information content (AvgIpc) is 3.30. The first kappa shape index (κ1) is 15.7. The van der Waals surface area contributed by atoms with Crippen molar-refractivity contribution in [3.05, 3.63) is 24.0 Å². The normalized spacial score (nSPS) is 28.8. The second-order valence-corrected chi connectivity index (χ2v) is 7.89. The van der Waals surface area contributed by atoms with Gasteiger partial charge in [0, 0.05) is 49.9 Å². The Labute approximate surface area is 143 Å². The minimum absolute atomic E-state index is 0.112. The molecule has 0 aromatic carbocycles. The molecule has 3 aliphatic rings. The highest BCUT2D eigenvalue weighted by atomic mass is 16.2. The molecule has 0 bridgehead atoms. The van der Waals surface area contributed by atoms with Gasteiger partial charge in [0.2, 0.25) is 5.91 Å². The van der Waals surface area contributed by atoms with Gasteiger partial charge in [-0.2, -0.15) is 0 Å². The molecule has 3 fully saturated rings. The summed E-state index contributed by atoms with van der Waals surface area (Å²) in [6.07, 6.45) is 12.2. The van der Waals surface area contributed by atoms with Gasteiger partial charge < -0.3 is 14.8 Å². The van der Waals surface area contributed by atoms with Gasteiger partial charge >= 0.3 is 0 Å². The fourth-order valence-corrected chi connectivity index (χ4v) is 4.95. The number of hydrogen-bond donors (Lipinski definition) is 1. The number of nitrogens with one attached hydrogen (secondary N) is 1. The Bertz CT molecular complexity index is 606. The van der Waals surface area contributed by atoms with E-state index >= 15 is 0 Å². The maximum Gasteiger partial charge on any atom is 0.255 e. The van der Waals surface area contributed by atoms with E-state index in [1.807, 2.05) is 11.0 Å². The third-order valence-corrected chi connectivity index (χ3v) is 6.25. The number of H-pyrrole nitrogens is 1. The average molecular weight is 329 g/mol. The Morgan fingerprint density at radius 2 is 2.00 bits per heavy atom. The maximum atomic E-state index is 12.7. The summed E-state index contributed by atoms with van der Waals surface area (Å²) in [5, 5.41) is 0. The Hall–Kier alpha value is -1.78. The molecule has 130 valence electrons. The molecule has 4 rings (SSSR count). The van der Waals surface area contributed by atoms with Crippen LogP contribution in [0.2, 0.25) is 0 Å². The van der Waals surface area contributed by atoms with Gasteiger partial charge in [-0.1, -0.05) is 12.8 Å². The second-order valence-electron chi connectivity index (χ2n) is 7.89. The number of nitrogens with zero attached hydrogens (tertiary/aromatic N) is 2. The largest absolute Gasteiger partial charge is 0.367 e. The van der Waals surface area contributed by atoms with Crippen molar-refractivity contribution in [2.75, 3.05) is 19.6 Å². The topological polar surface area (TPSA) is 56.4 Å². The fourth-order valence-electron chi connectivity index (χ4n) is 4.95. The lowest BCUT2D eigenvalue weighted by atomic mass is 9.73. The highest BCUT2D eigenvalue weighted by Gasteiger charge is 2.44. The summed E-state index contributed by atoms with van der Waals surface area (Å²) < 4.78 is 0. The summed E-state index contributed by atoms with van der Waals surface area (Å²) in [6, 6.07) is 2.30. The van der Waals surface area contributed by atoms with Gasteiger partial charge in [-0.15, -0.1) is 0 Å².